The molecule has 0 bridgehead atoms. The molecule has 0 saturated heterocycles. The highest BCUT2D eigenvalue weighted by atomic mass is 19.1. The summed E-state index contributed by atoms with van der Waals surface area (Å²) >= 11 is 0. The van der Waals surface area contributed by atoms with Crippen molar-refractivity contribution in [3.63, 3.8) is 0 Å². The first-order valence-electron chi connectivity index (χ1n) is 6.39. The van der Waals surface area contributed by atoms with E-state index in [-0.39, 0.29) is 16.9 Å². The molecule has 0 radical (unpaired) electrons. The molecule has 1 amide bonds. The van der Waals surface area contributed by atoms with Crippen molar-refractivity contribution in [2.45, 2.75) is 13.8 Å². The predicted octanol–water partition coefficient (Wildman–Crippen LogP) is 2.95. The summed E-state index contributed by atoms with van der Waals surface area (Å²) in [6.07, 6.45) is 0. The van der Waals surface area contributed by atoms with Crippen LogP contribution in [-0.2, 0) is 4.74 Å². The van der Waals surface area contributed by atoms with Crippen molar-refractivity contribution < 1.29 is 23.1 Å². The molecule has 0 saturated carbocycles. The summed E-state index contributed by atoms with van der Waals surface area (Å²) in [5.74, 6) is -2.84. The van der Waals surface area contributed by atoms with Gasteiger partial charge in [-0.2, -0.15) is 0 Å². The van der Waals surface area contributed by atoms with Crippen molar-refractivity contribution in [1.82, 2.24) is 4.98 Å². The molecule has 2 rings (SSSR count). The number of anilines is 1. The van der Waals surface area contributed by atoms with Crippen LogP contribution in [0.4, 0.5) is 14.5 Å². The Labute approximate surface area is 125 Å². The zero-order valence-corrected chi connectivity index (χ0v) is 12.2. The van der Waals surface area contributed by atoms with Crippen LogP contribution in [0.15, 0.2) is 18.2 Å². The lowest BCUT2D eigenvalue weighted by Gasteiger charge is -2.06. The van der Waals surface area contributed by atoms with Gasteiger partial charge in [-0.05, 0) is 31.5 Å². The SMILES string of the molecule is COC(=O)c1c(C)[nH]c(C(=O)Nc2ccc(F)cc2F)c1C. The van der Waals surface area contributed by atoms with E-state index in [1.54, 1.807) is 13.8 Å². The van der Waals surface area contributed by atoms with Crippen LogP contribution in [0.3, 0.4) is 0 Å². The zero-order valence-electron chi connectivity index (χ0n) is 12.2. The normalized spacial score (nSPS) is 10.4. The number of aryl methyl sites for hydroxylation is 1. The Morgan fingerprint density at radius 2 is 1.91 bits per heavy atom. The standard InChI is InChI=1S/C15H14F2N2O3/c1-7-12(15(21)22-3)8(2)18-13(7)14(20)19-11-5-4-9(16)6-10(11)17/h4-6,18H,1-3H3,(H,19,20). The van der Waals surface area contributed by atoms with Crippen LogP contribution in [0.5, 0.6) is 0 Å². The molecule has 116 valence electrons. The van der Waals surface area contributed by atoms with E-state index in [1.165, 1.54) is 7.11 Å². The summed E-state index contributed by atoms with van der Waals surface area (Å²) in [5.41, 5.74) is 1.07. The number of rotatable bonds is 3. The van der Waals surface area contributed by atoms with Crippen molar-refractivity contribution in [2.75, 3.05) is 12.4 Å². The Hall–Kier alpha value is -2.70. The number of hydrogen-bond acceptors (Lipinski definition) is 3. The number of benzene rings is 1. The number of nitrogens with one attached hydrogen (secondary N) is 2. The monoisotopic (exact) mass is 308 g/mol. The van der Waals surface area contributed by atoms with Crippen molar-refractivity contribution in [3.8, 4) is 0 Å². The van der Waals surface area contributed by atoms with Crippen LogP contribution in [0.25, 0.3) is 0 Å². The molecule has 1 heterocycles. The lowest BCUT2D eigenvalue weighted by molar-refractivity contribution is 0.0599. The lowest BCUT2D eigenvalue weighted by Crippen LogP contribution is -2.15. The van der Waals surface area contributed by atoms with Gasteiger partial charge < -0.3 is 15.0 Å². The van der Waals surface area contributed by atoms with Gasteiger partial charge in [0.05, 0.1) is 18.4 Å². The third-order valence-electron chi connectivity index (χ3n) is 3.23. The fourth-order valence-corrected chi connectivity index (χ4v) is 2.16. The van der Waals surface area contributed by atoms with E-state index in [9.17, 15) is 18.4 Å². The van der Waals surface area contributed by atoms with Gasteiger partial charge in [0.15, 0.2) is 0 Å². The summed E-state index contributed by atoms with van der Waals surface area (Å²) in [6, 6.07) is 2.82. The molecule has 22 heavy (non-hydrogen) atoms. The van der Waals surface area contributed by atoms with Crippen LogP contribution in [0.2, 0.25) is 0 Å². The van der Waals surface area contributed by atoms with Crippen molar-refractivity contribution >= 4 is 17.6 Å². The van der Waals surface area contributed by atoms with Crippen molar-refractivity contribution in [3.05, 3.63) is 52.3 Å². The van der Waals surface area contributed by atoms with E-state index in [0.29, 0.717) is 17.3 Å². The molecule has 1 aromatic heterocycles. The first-order valence-corrected chi connectivity index (χ1v) is 6.39. The van der Waals surface area contributed by atoms with Gasteiger partial charge in [-0.1, -0.05) is 0 Å². The van der Waals surface area contributed by atoms with Crippen LogP contribution in [-0.4, -0.2) is 24.0 Å². The highest BCUT2D eigenvalue weighted by Crippen LogP contribution is 2.21. The molecule has 7 heteroatoms. The minimum absolute atomic E-state index is 0.113. The number of hydrogen-bond donors (Lipinski definition) is 2. The summed E-state index contributed by atoms with van der Waals surface area (Å²) in [4.78, 5) is 26.6. The highest BCUT2D eigenvalue weighted by Gasteiger charge is 2.23. The Morgan fingerprint density at radius 1 is 1.23 bits per heavy atom. The minimum Gasteiger partial charge on any atom is -0.465 e. The van der Waals surface area contributed by atoms with E-state index < -0.39 is 23.5 Å². The van der Waals surface area contributed by atoms with Gasteiger partial charge >= 0.3 is 5.97 Å². The number of esters is 1. The molecular formula is C15H14F2N2O3. The van der Waals surface area contributed by atoms with Gasteiger partial charge in [0.1, 0.15) is 17.3 Å². The summed E-state index contributed by atoms with van der Waals surface area (Å²) in [7, 11) is 1.24. The minimum atomic E-state index is -0.887. The number of carbonyl (C=O) groups is 2. The first kappa shape index (κ1) is 15.7. The molecule has 0 atom stereocenters. The summed E-state index contributed by atoms with van der Waals surface area (Å²) in [5, 5.41) is 2.33. The number of amides is 1. The Balaban J connectivity index is 2.32. The number of aromatic nitrogens is 1. The Kier molecular flexibility index (Phi) is 4.25. The molecule has 2 N–H and O–H groups in total. The van der Waals surface area contributed by atoms with Crippen molar-refractivity contribution in [1.29, 1.82) is 0 Å². The molecular weight excluding hydrogens is 294 g/mol. The van der Waals surface area contributed by atoms with E-state index >= 15 is 0 Å². The highest BCUT2D eigenvalue weighted by molar-refractivity contribution is 6.06. The first-order chi connectivity index (χ1) is 10.3. The number of H-pyrrole nitrogens is 1. The van der Waals surface area contributed by atoms with Gasteiger partial charge in [-0.25, -0.2) is 13.6 Å². The topological polar surface area (TPSA) is 71.2 Å². The van der Waals surface area contributed by atoms with E-state index in [0.717, 1.165) is 12.1 Å². The lowest BCUT2D eigenvalue weighted by atomic mass is 10.1. The van der Waals surface area contributed by atoms with Crippen molar-refractivity contribution in [2.24, 2.45) is 0 Å². The number of carbonyl (C=O) groups excluding carboxylic acids is 2. The third kappa shape index (κ3) is 2.83. The van der Waals surface area contributed by atoms with E-state index in [1.807, 2.05) is 0 Å². The molecule has 0 aliphatic rings. The fourth-order valence-electron chi connectivity index (χ4n) is 2.16. The molecule has 0 unspecified atom stereocenters. The molecule has 0 spiro atoms. The predicted molar refractivity (Wildman–Crippen MR) is 75.9 cm³/mol. The second kappa shape index (κ2) is 5.97. The van der Waals surface area contributed by atoms with Crippen LogP contribution < -0.4 is 5.32 Å². The van der Waals surface area contributed by atoms with Crippen LogP contribution in [0.1, 0.15) is 32.1 Å². The van der Waals surface area contributed by atoms with Crippen LogP contribution >= 0.6 is 0 Å². The van der Waals surface area contributed by atoms with Gasteiger partial charge in [0.2, 0.25) is 0 Å². The van der Waals surface area contributed by atoms with Gasteiger partial charge in [0, 0.05) is 11.8 Å². The average molecular weight is 308 g/mol. The maximum atomic E-state index is 13.6. The average Bonchev–Trinajstić information content (AvgIpc) is 2.76. The number of aromatic amines is 1. The van der Waals surface area contributed by atoms with Gasteiger partial charge in [-0.15, -0.1) is 0 Å². The number of halogens is 2. The maximum absolute atomic E-state index is 13.6. The van der Waals surface area contributed by atoms with E-state index in [4.69, 9.17) is 0 Å². The maximum Gasteiger partial charge on any atom is 0.339 e. The Bertz CT molecular complexity index is 753. The van der Waals surface area contributed by atoms with Gasteiger partial charge in [0.25, 0.3) is 5.91 Å². The largest absolute Gasteiger partial charge is 0.465 e. The number of ether oxygens (including phenoxy) is 1. The second-order valence-corrected chi connectivity index (χ2v) is 4.69. The fraction of sp³-hybridized carbons (Fsp3) is 0.200. The summed E-state index contributed by atoms with van der Waals surface area (Å²) < 4.78 is 31.1. The van der Waals surface area contributed by atoms with Crippen LogP contribution in [0, 0.1) is 25.5 Å². The second-order valence-electron chi connectivity index (χ2n) is 4.69. The number of methoxy groups -OCH3 is 1. The molecule has 5 nitrogen and oxygen atoms in total. The molecule has 0 aliphatic carbocycles. The summed E-state index contributed by atoms with van der Waals surface area (Å²) in [6.45, 7) is 3.19. The quantitative estimate of drug-likeness (QED) is 0.856. The third-order valence-corrected chi connectivity index (χ3v) is 3.23. The smallest absolute Gasteiger partial charge is 0.339 e. The molecule has 1 aromatic carbocycles. The molecule has 2 aromatic rings. The van der Waals surface area contributed by atoms with E-state index in [2.05, 4.69) is 15.0 Å². The zero-order chi connectivity index (χ0) is 16.4. The van der Waals surface area contributed by atoms with Gasteiger partial charge in [-0.3, -0.25) is 4.79 Å². The molecule has 0 fully saturated rings. The Morgan fingerprint density at radius 3 is 2.50 bits per heavy atom. The molecule has 0 aliphatic heterocycles.